The maximum Gasteiger partial charge on any atom is 0.824 e. The molecule has 0 atom stereocenters. The van der Waals surface area contributed by atoms with Crippen molar-refractivity contribution < 1.29 is 27.3 Å². The largest absolute Gasteiger partial charge is 0.824 e. The third-order valence-corrected chi connectivity index (χ3v) is 3.54. The van der Waals surface area contributed by atoms with Gasteiger partial charge in [-0.3, -0.25) is 9.59 Å². The van der Waals surface area contributed by atoms with Crippen molar-refractivity contribution in [2.45, 2.75) is 27.7 Å². The Hall–Kier alpha value is -0.923. The summed E-state index contributed by atoms with van der Waals surface area (Å²) < 4.78 is 19.9. The minimum Gasteiger partial charge on any atom is -0.442 e. The SMILES string of the molecule is CCO[Si](OCC)(OC(C)=O)OC(C)=O. The topological polar surface area (TPSA) is 71.1 Å². The Kier molecular flexibility index (Phi) is 6.14. The molecule has 0 aliphatic carbocycles. The first-order valence-electron chi connectivity index (χ1n) is 4.62. The molecule has 0 fully saturated rings. The Labute approximate surface area is 89.9 Å². The van der Waals surface area contributed by atoms with Crippen molar-refractivity contribution >= 4 is 21.0 Å². The molecule has 0 amide bonds. The third-order valence-electron chi connectivity index (χ3n) is 1.18. The summed E-state index contributed by atoms with van der Waals surface area (Å²) in [5.74, 6) is -1.21. The van der Waals surface area contributed by atoms with Gasteiger partial charge in [-0.15, -0.1) is 0 Å². The number of hydrogen-bond donors (Lipinski definition) is 0. The fourth-order valence-electron chi connectivity index (χ4n) is 0.886. The number of carbonyl (C=O) groups is 2. The maximum absolute atomic E-state index is 10.9. The van der Waals surface area contributed by atoms with Gasteiger partial charge >= 0.3 is 9.05 Å². The monoisotopic (exact) mass is 236 g/mol. The van der Waals surface area contributed by atoms with Crippen LogP contribution in [0, 0.1) is 0 Å². The lowest BCUT2D eigenvalue weighted by Gasteiger charge is -2.24. The van der Waals surface area contributed by atoms with Crippen LogP contribution in [0.15, 0.2) is 0 Å². The van der Waals surface area contributed by atoms with Crippen LogP contribution in [-0.2, 0) is 27.3 Å². The maximum atomic E-state index is 10.9. The van der Waals surface area contributed by atoms with Gasteiger partial charge in [0.1, 0.15) is 0 Å². The van der Waals surface area contributed by atoms with E-state index in [1.807, 2.05) is 0 Å². The molecule has 0 saturated carbocycles. The van der Waals surface area contributed by atoms with Gasteiger partial charge < -0.3 is 17.7 Å². The molecule has 0 saturated heterocycles. The molecule has 0 spiro atoms. The highest BCUT2D eigenvalue weighted by Crippen LogP contribution is 2.12. The average Bonchev–Trinajstić information content (AvgIpc) is 2.01. The predicted octanol–water partition coefficient (Wildman–Crippen LogP) is 0.621. The lowest BCUT2D eigenvalue weighted by molar-refractivity contribution is -0.150. The van der Waals surface area contributed by atoms with Crippen LogP contribution in [-0.4, -0.2) is 34.2 Å². The van der Waals surface area contributed by atoms with Gasteiger partial charge in [0, 0.05) is 27.1 Å². The molecule has 0 heterocycles. The van der Waals surface area contributed by atoms with Crippen molar-refractivity contribution in [1.82, 2.24) is 0 Å². The minimum atomic E-state index is -3.62. The smallest absolute Gasteiger partial charge is 0.442 e. The van der Waals surface area contributed by atoms with E-state index < -0.39 is 21.0 Å². The van der Waals surface area contributed by atoms with Gasteiger partial charge in [-0.2, -0.15) is 0 Å². The van der Waals surface area contributed by atoms with Gasteiger partial charge in [-0.05, 0) is 13.8 Å². The molecule has 0 aromatic carbocycles. The Morgan fingerprint density at radius 3 is 1.47 bits per heavy atom. The van der Waals surface area contributed by atoms with Gasteiger partial charge in [-0.1, -0.05) is 0 Å². The fraction of sp³-hybridized carbons (Fsp3) is 0.750. The van der Waals surface area contributed by atoms with Crippen molar-refractivity contribution in [1.29, 1.82) is 0 Å². The Morgan fingerprint density at radius 2 is 1.27 bits per heavy atom. The van der Waals surface area contributed by atoms with E-state index in [9.17, 15) is 9.59 Å². The van der Waals surface area contributed by atoms with Crippen LogP contribution in [0.5, 0.6) is 0 Å². The van der Waals surface area contributed by atoms with Crippen molar-refractivity contribution in [3.8, 4) is 0 Å². The highest BCUT2D eigenvalue weighted by atomic mass is 28.4. The Bertz CT molecular complexity index is 205. The van der Waals surface area contributed by atoms with E-state index in [1.165, 1.54) is 13.8 Å². The second-order valence-corrected chi connectivity index (χ2v) is 4.54. The summed E-state index contributed by atoms with van der Waals surface area (Å²) in [6.45, 7) is 6.23. The number of hydrogen-bond acceptors (Lipinski definition) is 6. The van der Waals surface area contributed by atoms with Crippen LogP contribution >= 0.6 is 0 Å². The molecule has 6 nitrogen and oxygen atoms in total. The number of carbonyl (C=O) groups excluding carboxylic acids is 2. The Morgan fingerprint density at radius 1 is 0.933 bits per heavy atom. The molecule has 7 heteroatoms. The van der Waals surface area contributed by atoms with Crippen LogP contribution in [0.1, 0.15) is 27.7 Å². The standard InChI is InChI=1S/C8H16O6Si/c1-5-11-15(12-6-2,13-7(3)9)14-8(4)10/h5-6H2,1-4H3. The molecule has 0 aliphatic heterocycles. The lowest BCUT2D eigenvalue weighted by Crippen LogP contribution is -2.51. The highest BCUT2D eigenvalue weighted by molar-refractivity contribution is 6.57. The second kappa shape index (κ2) is 6.54. The molecule has 0 rings (SSSR count). The number of rotatable bonds is 6. The van der Waals surface area contributed by atoms with Gasteiger partial charge in [0.2, 0.25) is 0 Å². The molecule has 0 aliphatic rings. The normalized spacial score (nSPS) is 10.9. The molecule has 0 aromatic heterocycles. The van der Waals surface area contributed by atoms with E-state index in [4.69, 9.17) is 17.7 Å². The average molecular weight is 236 g/mol. The summed E-state index contributed by atoms with van der Waals surface area (Å²) in [6.07, 6.45) is 0. The molecular weight excluding hydrogens is 220 g/mol. The van der Waals surface area contributed by atoms with Crippen molar-refractivity contribution in [3.63, 3.8) is 0 Å². The summed E-state index contributed by atoms with van der Waals surface area (Å²) in [6, 6.07) is 0. The Balaban J connectivity index is 4.69. The molecule has 0 radical (unpaired) electrons. The van der Waals surface area contributed by atoms with Gasteiger partial charge in [-0.25, -0.2) is 0 Å². The van der Waals surface area contributed by atoms with Gasteiger partial charge in [0.25, 0.3) is 11.9 Å². The van der Waals surface area contributed by atoms with Gasteiger partial charge in [0.05, 0.1) is 0 Å². The first-order chi connectivity index (χ1) is 6.95. The molecule has 0 unspecified atom stereocenters. The van der Waals surface area contributed by atoms with E-state index in [2.05, 4.69) is 0 Å². The first-order valence-corrected chi connectivity index (χ1v) is 6.26. The zero-order valence-electron chi connectivity index (χ0n) is 9.36. The highest BCUT2D eigenvalue weighted by Gasteiger charge is 2.52. The van der Waals surface area contributed by atoms with Crippen molar-refractivity contribution in [2.24, 2.45) is 0 Å². The molecule has 0 N–H and O–H groups in total. The van der Waals surface area contributed by atoms with E-state index in [0.29, 0.717) is 0 Å². The lowest BCUT2D eigenvalue weighted by atomic mass is 10.9. The van der Waals surface area contributed by atoms with E-state index >= 15 is 0 Å². The van der Waals surface area contributed by atoms with Gasteiger partial charge in [0.15, 0.2) is 0 Å². The molecule has 15 heavy (non-hydrogen) atoms. The first kappa shape index (κ1) is 14.1. The van der Waals surface area contributed by atoms with Crippen LogP contribution in [0.25, 0.3) is 0 Å². The summed E-state index contributed by atoms with van der Waals surface area (Å²) in [5, 5.41) is 0. The van der Waals surface area contributed by atoms with Crippen molar-refractivity contribution in [2.75, 3.05) is 13.2 Å². The molecule has 88 valence electrons. The quantitative estimate of drug-likeness (QED) is 0.630. The third kappa shape index (κ3) is 5.50. The summed E-state index contributed by atoms with van der Waals surface area (Å²) in [4.78, 5) is 21.7. The fourth-order valence-corrected chi connectivity index (χ4v) is 2.66. The minimum absolute atomic E-state index is 0.229. The van der Waals surface area contributed by atoms with Crippen LogP contribution < -0.4 is 0 Å². The summed E-state index contributed by atoms with van der Waals surface area (Å²) in [7, 11) is -3.62. The van der Waals surface area contributed by atoms with Crippen LogP contribution in [0.4, 0.5) is 0 Å². The van der Waals surface area contributed by atoms with Crippen LogP contribution in [0.3, 0.4) is 0 Å². The zero-order valence-corrected chi connectivity index (χ0v) is 10.4. The van der Waals surface area contributed by atoms with Crippen molar-refractivity contribution in [3.05, 3.63) is 0 Å². The predicted molar refractivity (Wildman–Crippen MR) is 52.5 cm³/mol. The van der Waals surface area contributed by atoms with E-state index in [1.54, 1.807) is 13.8 Å². The van der Waals surface area contributed by atoms with E-state index in [0.717, 1.165) is 0 Å². The second-order valence-electron chi connectivity index (χ2n) is 2.55. The molecule has 0 bridgehead atoms. The summed E-state index contributed by atoms with van der Waals surface area (Å²) in [5.41, 5.74) is 0. The zero-order chi connectivity index (χ0) is 11.9. The van der Waals surface area contributed by atoms with E-state index in [-0.39, 0.29) is 13.2 Å². The van der Waals surface area contributed by atoms with Crippen LogP contribution in [0.2, 0.25) is 0 Å². The summed E-state index contributed by atoms with van der Waals surface area (Å²) >= 11 is 0. The molecule has 0 aromatic rings. The molecular formula is C8H16O6Si.